The lowest BCUT2D eigenvalue weighted by molar-refractivity contribution is 0.0000846. The van der Waals surface area contributed by atoms with Crippen LogP contribution >= 0.6 is 11.8 Å². The van der Waals surface area contributed by atoms with Gasteiger partial charge in [0.2, 0.25) is 0 Å². The van der Waals surface area contributed by atoms with Gasteiger partial charge in [-0.25, -0.2) is 14.5 Å². The number of amides is 1. The molecule has 0 saturated carbocycles. The molecular weight excluding hydrogens is 506 g/mol. The van der Waals surface area contributed by atoms with E-state index in [4.69, 9.17) is 9.72 Å². The summed E-state index contributed by atoms with van der Waals surface area (Å²) in [5.41, 5.74) is 6.84. The van der Waals surface area contributed by atoms with Gasteiger partial charge in [0.1, 0.15) is 5.60 Å². The first-order valence-corrected chi connectivity index (χ1v) is 14.2. The van der Waals surface area contributed by atoms with E-state index in [-0.39, 0.29) is 12.1 Å². The summed E-state index contributed by atoms with van der Waals surface area (Å²) in [7, 11) is 0. The molecule has 2 aliphatic rings. The number of carbonyl (C=O) groups excluding carboxylic acids is 1. The van der Waals surface area contributed by atoms with E-state index in [9.17, 15) is 4.79 Å². The van der Waals surface area contributed by atoms with E-state index in [1.54, 1.807) is 4.90 Å². The predicted octanol–water partition coefficient (Wildman–Crippen LogP) is 7.45. The van der Waals surface area contributed by atoms with Gasteiger partial charge in [-0.2, -0.15) is 5.10 Å². The monoisotopic (exact) mass is 539 g/mol. The zero-order chi connectivity index (χ0) is 27.3. The third-order valence-electron chi connectivity index (χ3n) is 7.04. The fraction of sp³-hybridized carbons (Fsp3) is 0.323. The normalized spacial score (nSPS) is 14.8. The second-order valence-corrected chi connectivity index (χ2v) is 12.3. The second kappa shape index (κ2) is 9.75. The number of rotatable bonds is 5. The third kappa shape index (κ3) is 5.01. The maximum Gasteiger partial charge on any atom is 0.410 e. The number of carbonyl (C=O) groups is 1. The Balaban J connectivity index is 1.17. The minimum Gasteiger partial charge on any atom is -0.444 e. The van der Waals surface area contributed by atoms with Crippen molar-refractivity contribution < 1.29 is 9.53 Å². The average Bonchev–Trinajstić information content (AvgIpc) is 3.28. The first-order valence-electron chi connectivity index (χ1n) is 13.4. The summed E-state index contributed by atoms with van der Waals surface area (Å²) in [4.78, 5) is 21.2. The molecule has 0 spiro atoms. The maximum atomic E-state index is 12.3. The van der Waals surface area contributed by atoms with Crippen LogP contribution in [0.25, 0.3) is 16.6 Å². The number of pyridine rings is 1. The second-order valence-electron chi connectivity index (χ2n) is 11.3. The molecule has 0 unspecified atom stereocenters. The number of aromatic nitrogens is 3. The van der Waals surface area contributed by atoms with Crippen LogP contribution in [0.4, 0.5) is 16.2 Å². The third-order valence-corrected chi connectivity index (χ3v) is 8.18. The highest BCUT2D eigenvalue weighted by Crippen LogP contribution is 2.45. The number of fused-ring (bicyclic) bond motifs is 3. The molecule has 0 atom stereocenters. The molecule has 0 bridgehead atoms. The Bertz CT molecular complexity index is 1600. The summed E-state index contributed by atoms with van der Waals surface area (Å²) < 4.78 is 7.38. The molecule has 1 fully saturated rings. The van der Waals surface area contributed by atoms with E-state index in [1.165, 1.54) is 15.4 Å². The van der Waals surface area contributed by atoms with Gasteiger partial charge >= 0.3 is 6.09 Å². The number of hydrogen-bond donors (Lipinski definition) is 1. The van der Waals surface area contributed by atoms with Gasteiger partial charge in [-0.15, -0.1) is 0 Å². The largest absolute Gasteiger partial charge is 0.444 e. The Hall–Kier alpha value is -3.78. The Labute approximate surface area is 233 Å². The van der Waals surface area contributed by atoms with Crippen LogP contribution in [-0.4, -0.2) is 44.4 Å². The van der Waals surface area contributed by atoms with Crippen molar-refractivity contribution in [2.75, 3.05) is 18.4 Å². The molecule has 2 aromatic heterocycles. The SMILES string of the molecule is C=C(c1ccc2c(c1)Nc1ccc(CCC)cc1S2)c1cnc2c(cnn2C2CN(C(=O)OC(C)(C)C)C2)c1. The summed E-state index contributed by atoms with van der Waals surface area (Å²) in [5.74, 6) is 0. The summed E-state index contributed by atoms with van der Waals surface area (Å²) in [6, 6.07) is 15.3. The highest BCUT2D eigenvalue weighted by atomic mass is 32.2. The Morgan fingerprint density at radius 3 is 2.67 bits per heavy atom. The molecule has 6 rings (SSSR count). The fourth-order valence-corrected chi connectivity index (χ4v) is 6.02. The van der Waals surface area contributed by atoms with Crippen LogP contribution in [0.15, 0.2) is 71.2 Å². The van der Waals surface area contributed by atoms with Crippen LogP contribution in [0, 0.1) is 0 Å². The number of nitrogens with zero attached hydrogens (tertiary/aromatic N) is 4. The van der Waals surface area contributed by atoms with Crippen LogP contribution < -0.4 is 5.32 Å². The van der Waals surface area contributed by atoms with Crippen molar-refractivity contribution in [1.29, 1.82) is 0 Å². The highest BCUT2D eigenvalue weighted by Gasteiger charge is 2.36. The van der Waals surface area contributed by atoms with Gasteiger partial charge in [0.15, 0.2) is 5.65 Å². The predicted molar refractivity (Wildman–Crippen MR) is 157 cm³/mol. The van der Waals surface area contributed by atoms with Gasteiger partial charge < -0.3 is 15.0 Å². The van der Waals surface area contributed by atoms with E-state index in [1.807, 2.05) is 49.6 Å². The van der Waals surface area contributed by atoms with Crippen molar-refractivity contribution in [3.05, 3.63) is 78.1 Å². The zero-order valence-electron chi connectivity index (χ0n) is 22.8. The van der Waals surface area contributed by atoms with E-state index >= 15 is 0 Å². The van der Waals surface area contributed by atoms with E-state index < -0.39 is 5.60 Å². The topological polar surface area (TPSA) is 72.3 Å². The maximum absolute atomic E-state index is 12.3. The summed E-state index contributed by atoms with van der Waals surface area (Å²) in [6.45, 7) is 13.4. The first kappa shape index (κ1) is 25.5. The number of ether oxygens (including phenoxy) is 1. The minimum atomic E-state index is -0.503. The summed E-state index contributed by atoms with van der Waals surface area (Å²) in [6.07, 6.45) is 5.66. The molecule has 4 aromatic rings. The van der Waals surface area contributed by atoms with Crippen molar-refractivity contribution >= 4 is 45.8 Å². The molecule has 1 saturated heterocycles. The fourth-order valence-electron chi connectivity index (χ4n) is 4.99. The number of benzene rings is 2. The minimum absolute atomic E-state index is 0.0849. The Morgan fingerprint density at radius 2 is 1.90 bits per heavy atom. The molecule has 4 heterocycles. The number of anilines is 2. The molecule has 1 amide bonds. The average molecular weight is 540 g/mol. The Kier molecular flexibility index (Phi) is 6.38. The molecule has 2 aromatic carbocycles. The van der Waals surface area contributed by atoms with Crippen molar-refractivity contribution in [2.24, 2.45) is 0 Å². The van der Waals surface area contributed by atoms with Crippen LogP contribution in [0.3, 0.4) is 0 Å². The van der Waals surface area contributed by atoms with E-state index in [2.05, 4.69) is 66.4 Å². The number of hydrogen-bond acceptors (Lipinski definition) is 6. The lowest BCUT2D eigenvalue weighted by Crippen LogP contribution is -2.52. The van der Waals surface area contributed by atoms with Crippen LogP contribution in [0.1, 0.15) is 56.8 Å². The van der Waals surface area contributed by atoms with Crippen molar-refractivity contribution in [2.45, 2.75) is 62.0 Å². The lowest BCUT2D eigenvalue weighted by atomic mass is 10.00. The van der Waals surface area contributed by atoms with Gasteiger partial charge in [0, 0.05) is 40.0 Å². The molecule has 7 nitrogen and oxygen atoms in total. The first-order chi connectivity index (χ1) is 18.7. The lowest BCUT2D eigenvalue weighted by Gasteiger charge is -2.39. The number of likely N-dealkylation sites (tertiary alicyclic amines) is 1. The van der Waals surface area contributed by atoms with Gasteiger partial charge in [0.25, 0.3) is 0 Å². The summed E-state index contributed by atoms with van der Waals surface area (Å²) in [5, 5.41) is 9.15. The van der Waals surface area contributed by atoms with Crippen LogP contribution in [-0.2, 0) is 11.2 Å². The Morgan fingerprint density at radius 1 is 1.08 bits per heavy atom. The van der Waals surface area contributed by atoms with E-state index in [0.29, 0.717) is 13.1 Å². The van der Waals surface area contributed by atoms with Crippen molar-refractivity contribution in [1.82, 2.24) is 19.7 Å². The molecule has 2 aliphatic heterocycles. The highest BCUT2D eigenvalue weighted by molar-refractivity contribution is 7.99. The molecule has 1 N–H and O–H groups in total. The molecule has 39 heavy (non-hydrogen) atoms. The van der Waals surface area contributed by atoms with Gasteiger partial charge in [-0.1, -0.05) is 43.8 Å². The standard InChI is InChI=1S/C31H33N5O2S/c1-6-7-20-8-10-25-28(12-20)39-27-11-9-21(14-26(27)34-25)19(2)22-13-23-16-33-36(29(23)32-15-22)24-17-35(18-24)30(37)38-31(3,4)5/h8-16,24,34H,2,6-7,17-18H2,1,3-5H3. The van der Waals surface area contributed by atoms with Gasteiger partial charge in [-0.3, -0.25) is 0 Å². The quantitative estimate of drug-likeness (QED) is 0.250. The van der Waals surface area contributed by atoms with Crippen molar-refractivity contribution in [3.63, 3.8) is 0 Å². The smallest absolute Gasteiger partial charge is 0.410 e. The van der Waals surface area contributed by atoms with Crippen LogP contribution in [0.2, 0.25) is 0 Å². The molecular formula is C31H33N5O2S. The van der Waals surface area contributed by atoms with Gasteiger partial charge in [0.05, 0.1) is 23.6 Å². The van der Waals surface area contributed by atoms with Crippen molar-refractivity contribution in [3.8, 4) is 0 Å². The van der Waals surface area contributed by atoms with E-state index in [0.717, 1.165) is 51.9 Å². The molecule has 0 radical (unpaired) electrons. The number of aryl methyl sites for hydroxylation is 1. The molecule has 8 heteroatoms. The zero-order valence-corrected chi connectivity index (χ0v) is 23.6. The van der Waals surface area contributed by atoms with Crippen LogP contribution in [0.5, 0.6) is 0 Å². The molecule has 0 aliphatic carbocycles. The molecule has 200 valence electrons. The number of nitrogens with one attached hydrogen (secondary N) is 1. The summed E-state index contributed by atoms with van der Waals surface area (Å²) >= 11 is 1.81. The van der Waals surface area contributed by atoms with Gasteiger partial charge in [-0.05, 0) is 74.2 Å².